The van der Waals surface area contributed by atoms with Crippen LogP contribution in [-0.4, -0.2) is 27.9 Å². The van der Waals surface area contributed by atoms with Crippen molar-refractivity contribution in [2.75, 3.05) is 5.75 Å². The third-order valence-corrected chi connectivity index (χ3v) is 4.48. The van der Waals surface area contributed by atoms with Crippen molar-refractivity contribution in [2.45, 2.75) is 38.6 Å². The van der Waals surface area contributed by atoms with Gasteiger partial charge in [0.15, 0.2) is 6.61 Å². The van der Waals surface area contributed by atoms with Crippen molar-refractivity contribution in [2.24, 2.45) is 5.92 Å². The lowest BCUT2D eigenvalue weighted by molar-refractivity contribution is -0.119. The van der Waals surface area contributed by atoms with Gasteiger partial charge in [-0.25, -0.2) is 0 Å². The Morgan fingerprint density at radius 2 is 2.08 bits per heavy atom. The highest BCUT2D eigenvalue weighted by Crippen LogP contribution is 2.24. The topological polar surface area (TPSA) is 77.2 Å². The smallest absolute Gasteiger partial charge is 0.277 e. The summed E-state index contributed by atoms with van der Waals surface area (Å²) >= 11 is 7.20. The van der Waals surface area contributed by atoms with E-state index < -0.39 is 0 Å². The average Bonchev–Trinajstić information content (AvgIpc) is 3.00. The molecule has 1 N–H and O–H groups in total. The minimum atomic E-state index is -0.0618. The monoisotopic (exact) mass is 369 g/mol. The number of carbonyl (C=O) groups is 1. The number of hydrogen-bond donors (Lipinski definition) is 1. The first-order valence-corrected chi connectivity index (χ1v) is 8.94. The van der Waals surface area contributed by atoms with Gasteiger partial charge in [-0.3, -0.25) is 4.79 Å². The normalized spacial score (nSPS) is 12.2. The zero-order chi connectivity index (χ0) is 17.5. The predicted molar refractivity (Wildman–Crippen MR) is 93.2 cm³/mol. The van der Waals surface area contributed by atoms with Crippen LogP contribution in [-0.2, 0) is 11.4 Å². The quantitative estimate of drug-likeness (QED) is 0.717. The molecule has 0 saturated heterocycles. The molecular formula is C16H20ClN3O3S. The molecule has 2 rings (SSSR count). The van der Waals surface area contributed by atoms with Gasteiger partial charge in [0.25, 0.3) is 11.1 Å². The number of benzene rings is 1. The molecule has 1 heterocycles. The predicted octanol–water partition coefficient (Wildman–Crippen LogP) is 3.55. The van der Waals surface area contributed by atoms with Gasteiger partial charge < -0.3 is 14.5 Å². The summed E-state index contributed by atoms with van der Waals surface area (Å²) in [5, 5.41) is 11.6. The molecule has 0 fully saturated rings. The summed E-state index contributed by atoms with van der Waals surface area (Å²) in [5.74, 6) is 1.43. The van der Waals surface area contributed by atoms with Crippen molar-refractivity contribution in [3.63, 3.8) is 0 Å². The molecule has 0 spiro atoms. The second-order valence-electron chi connectivity index (χ2n) is 5.57. The summed E-state index contributed by atoms with van der Waals surface area (Å²) in [4.78, 5) is 11.8. The van der Waals surface area contributed by atoms with Crippen LogP contribution in [0.25, 0.3) is 0 Å². The number of amides is 1. The number of halogens is 1. The molecule has 2 aromatic rings. The Labute approximate surface area is 150 Å². The molecule has 6 nitrogen and oxygen atoms in total. The summed E-state index contributed by atoms with van der Waals surface area (Å²) in [6.45, 7) is 6.21. The highest BCUT2D eigenvalue weighted by molar-refractivity contribution is 7.99. The Morgan fingerprint density at radius 3 is 2.79 bits per heavy atom. The Balaban J connectivity index is 1.79. The number of nitrogens with zero attached hydrogens (tertiary/aromatic N) is 2. The highest BCUT2D eigenvalue weighted by Gasteiger charge is 2.14. The van der Waals surface area contributed by atoms with Gasteiger partial charge >= 0.3 is 0 Å². The van der Waals surface area contributed by atoms with Gasteiger partial charge in [0.1, 0.15) is 5.75 Å². The molecule has 1 atom stereocenters. The van der Waals surface area contributed by atoms with E-state index in [0.29, 0.717) is 27.8 Å². The van der Waals surface area contributed by atoms with E-state index in [4.69, 9.17) is 20.8 Å². The maximum atomic E-state index is 11.8. The molecule has 24 heavy (non-hydrogen) atoms. The zero-order valence-corrected chi connectivity index (χ0v) is 15.4. The van der Waals surface area contributed by atoms with E-state index in [2.05, 4.69) is 29.4 Å². The molecule has 130 valence electrons. The van der Waals surface area contributed by atoms with Crippen LogP contribution in [0.2, 0.25) is 5.02 Å². The minimum Gasteiger partial charge on any atom is -0.482 e. The molecular weight excluding hydrogens is 350 g/mol. The number of carbonyl (C=O) groups excluding carboxylic acids is 1. The summed E-state index contributed by atoms with van der Waals surface area (Å²) in [5.41, 5.74) is 0. The van der Waals surface area contributed by atoms with Crippen LogP contribution in [0.3, 0.4) is 0 Å². The van der Waals surface area contributed by atoms with Crippen molar-refractivity contribution >= 4 is 29.3 Å². The number of para-hydroxylation sites is 1. The third kappa shape index (κ3) is 5.72. The molecule has 1 amide bonds. The molecule has 0 aliphatic rings. The van der Waals surface area contributed by atoms with E-state index in [-0.39, 0.29) is 24.3 Å². The molecule has 0 aliphatic heterocycles. The van der Waals surface area contributed by atoms with Gasteiger partial charge in [-0.2, -0.15) is 0 Å². The largest absolute Gasteiger partial charge is 0.482 e. The van der Waals surface area contributed by atoms with Gasteiger partial charge in [0.05, 0.1) is 10.8 Å². The average molecular weight is 370 g/mol. The molecule has 0 aliphatic carbocycles. The summed E-state index contributed by atoms with van der Waals surface area (Å²) in [7, 11) is 0. The molecule has 0 saturated carbocycles. The van der Waals surface area contributed by atoms with E-state index in [1.807, 2.05) is 19.1 Å². The van der Waals surface area contributed by atoms with Crippen LogP contribution in [0.5, 0.6) is 5.75 Å². The van der Waals surface area contributed by atoms with Crippen LogP contribution in [0.15, 0.2) is 33.9 Å². The second-order valence-corrected chi connectivity index (χ2v) is 6.90. The third-order valence-electron chi connectivity index (χ3n) is 3.35. The lowest BCUT2D eigenvalue weighted by Crippen LogP contribution is -2.37. The van der Waals surface area contributed by atoms with Crippen LogP contribution in [0.4, 0.5) is 0 Å². The summed E-state index contributed by atoms with van der Waals surface area (Å²) in [6.07, 6.45) is 0. The number of aromatic nitrogens is 2. The first-order valence-electron chi connectivity index (χ1n) is 7.57. The number of thioether (sulfide) groups is 1. The van der Waals surface area contributed by atoms with Crippen molar-refractivity contribution in [1.82, 2.24) is 15.5 Å². The van der Waals surface area contributed by atoms with Crippen LogP contribution >= 0.6 is 23.4 Å². The van der Waals surface area contributed by atoms with Crippen molar-refractivity contribution < 1.29 is 13.9 Å². The van der Waals surface area contributed by atoms with Gasteiger partial charge in [0, 0.05) is 6.04 Å². The first-order chi connectivity index (χ1) is 11.5. The van der Waals surface area contributed by atoms with Gasteiger partial charge in [0.2, 0.25) is 5.91 Å². The van der Waals surface area contributed by atoms with E-state index in [1.165, 1.54) is 11.8 Å². The molecule has 8 heteroatoms. The van der Waals surface area contributed by atoms with Crippen LogP contribution < -0.4 is 10.1 Å². The van der Waals surface area contributed by atoms with Gasteiger partial charge in [-0.15, -0.1) is 10.2 Å². The minimum absolute atomic E-state index is 0.0618. The van der Waals surface area contributed by atoms with Crippen LogP contribution in [0.1, 0.15) is 26.7 Å². The Kier molecular flexibility index (Phi) is 6.93. The molecule has 0 unspecified atom stereocenters. The summed E-state index contributed by atoms with van der Waals surface area (Å²) < 4.78 is 11.0. The maximum absolute atomic E-state index is 11.8. The van der Waals surface area contributed by atoms with E-state index in [9.17, 15) is 4.79 Å². The second kappa shape index (κ2) is 8.94. The highest BCUT2D eigenvalue weighted by atomic mass is 35.5. The zero-order valence-electron chi connectivity index (χ0n) is 13.8. The van der Waals surface area contributed by atoms with E-state index in [0.717, 1.165) is 0 Å². The van der Waals surface area contributed by atoms with Crippen LogP contribution in [0, 0.1) is 5.92 Å². The molecule has 1 aromatic heterocycles. The fourth-order valence-electron chi connectivity index (χ4n) is 1.65. The lowest BCUT2D eigenvalue weighted by Gasteiger charge is -2.16. The summed E-state index contributed by atoms with van der Waals surface area (Å²) in [6, 6.07) is 7.27. The maximum Gasteiger partial charge on any atom is 0.277 e. The van der Waals surface area contributed by atoms with Gasteiger partial charge in [-0.1, -0.05) is 49.3 Å². The van der Waals surface area contributed by atoms with E-state index in [1.54, 1.807) is 12.1 Å². The van der Waals surface area contributed by atoms with Crippen molar-refractivity contribution in [3.8, 4) is 5.75 Å². The van der Waals surface area contributed by atoms with Crippen molar-refractivity contribution in [1.29, 1.82) is 0 Å². The number of rotatable bonds is 8. The molecule has 0 bridgehead atoms. The fraction of sp³-hybridized carbons (Fsp3) is 0.438. The number of nitrogens with one attached hydrogen (secondary N) is 1. The fourth-order valence-corrected chi connectivity index (χ4v) is 2.43. The van der Waals surface area contributed by atoms with E-state index >= 15 is 0 Å². The lowest BCUT2D eigenvalue weighted by atomic mass is 10.1. The van der Waals surface area contributed by atoms with Gasteiger partial charge in [-0.05, 0) is 25.0 Å². The number of ether oxygens (including phenoxy) is 1. The number of hydrogen-bond acceptors (Lipinski definition) is 6. The standard InChI is InChI=1S/C16H20ClN3O3S/c1-10(2)11(3)18-14(21)9-24-16-20-19-15(23-16)8-22-13-7-5-4-6-12(13)17/h4-7,10-11H,8-9H2,1-3H3,(H,18,21)/t11-/m0/s1. The Morgan fingerprint density at radius 1 is 1.33 bits per heavy atom. The molecule has 1 aromatic carbocycles. The Bertz CT molecular complexity index is 678. The Hall–Kier alpha value is -1.73. The molecule has 0 radical (unpaired) electrons. The first kappa shape index (κ1) is 18.6. The van der Waals surface area contributed by atoms with Crippen molar-refractivity contribution in [3.05, 3.63) is 35.2 Å². The SMILES string of the molecule is CC(C)[C@H](C)NC(=O)CSc1nnc(COc2ccccc2Cl)o1.